The first-order chi connectivity index (χ1) is 8.74. The van der Waals surface area contributed by atoms with Gasteiger partial charge in [-0.3, -0.25) is 0 Å². The molecule has 0 saturated carbocycles. The van der Waals surface area contributed by atoms with Crippen LogP contribution < -0.4 is 5.73 Å². The highest BCUT2D eigenvalue weighted by molar-refractivity contribution is 5.29. The average Bonchev–Trinajstić information content (AvgIpc) is 2.75. The third kappa shape index (κ3) is 2.06. The van der Waals surface area contributed by atoms with Gasteiger partial charge in [0.15, 0.2) is 0 Å². The van der Waals surface area contributed by atoms with Gasteiger partial charge in [0.2, 0.25) is 0 Å². The van der Waals surface area contributed by atoms with E-state index in [1.165, 1.54) is 16.8 Å². The van der Waals surface area contributed by atoms with E-state index < -0.39 is 0 Å². The minimum Gasteiger partial charge on any atom is -0.330 e. The predicted octanol–water partition coefficient (Wildman–Crippen LogP) is 2.06. The number of nitrogens with zero attached hydrogens (tertiary/aromatic N) is 2. The number of aromatic nitrogens is 2. The summed E-state index contributed by atoms with van der Waals surface area (Å²) in [5.74, 6) is 1.15. The smallest absolute Gasteiger partial charge is 0.113 e. The maximum atomic E-state index is 6.05. The Kier molecular flexibility index (Phi) is 2.92. The number of imidazole rings is 1. The second kappa shape index (κ2) is 4.58. The Morgan fingerprint density at radius 3 is 3.06 bits per heavy atom. The summed E-state index contributed by atoms with van der Waals surface area (Å²) < 4.78 is 2.31. The van der Waals surface area contributed by atoms with Crippen molar-refractivity contribution in [3.63, 3.8) is 0 Å². The zero-order valence-electron chi connectivity index (χ0n) is 10.8. The fourth-order valence-corrected chi connectivity index (χ4v) is 2.66. The lowest BCUT2D eigenvalue weighted by Gasteiger charge is -2.22. The molecule has 2 heterocycles. The summed E-state index contributed by atoms with van der Waals surface area (Å²) in [5.41, 5.74) is 10.1. The highest BCUT2D eigenvalue weighted by Crippen LogP contribution is 2.19. The van der Waals surface area contributed by atoms with E-state index >= 15 is 0 Å². The molecular weight excluding hydrogens is 222 g/mol. The number of rotatable bonds is 2. The first-order valence-corrected chi connectivity index (χ1v) is 6.57. The fourth-order valence-electron chi connectivity index (χ4n) is 2.66. The van der Waals surface area contributed by atoms with Gasteiger partial charge in [-0.15, -0.1) is 0 Å². The van der Waals surface area contributed by atoms with Crippen molar-refractivity contribution in [3.05, 3.63) is 53.1 Å². The van der Waals surface area contributed by atoms with E-state index in [9.17, 15) is 0 Å². The number of fused-ring (bicyclic) bond motifs is 1. The van der Waals surface area contributed by atoms with Crippen molar-refractivity contribution in [2.24, 2.45) is 5.73 Å². The lowest BCUT2D eigenvalue weighted by molar-refractivity contribution is 0.451. The number of nitrogens with two attached hydrogens (primary N) is 1. The van der Waals surface area contributed by atoms with Gasteiger partial charge in [0.1, 0.15) is 5.82 Å². The van der Waals surface area contributed by atoms with E-state index in [1.54, 1.807) is 0 Å². The summed E-state index contributed by atoms with van der Waals surface area (Å²) in [6.07, 6.45) is 5.05. The molecule has 0 spiro atoms. The molecule has 0 bridgehead atoms. The first kappa shape index (κ1) is 11.5. The van der Waals surface area contributed by atoms with Crippen LogP contribution in [0.15, 0.2) is 30.5 Å². The van der Waals surface area contributed by atoms with Crippen LogP contribution in [0.3, 0.4) is 0 Å². The van der Waals surface area contributed by atoms with Gasteiger partial charge in [0.25, 0.3) is 0 Å². The van der Waals surface area contributed by atoms with Crippen molar-refractivity contribution in [2.45, 2.75) is 38.8 Å². The molecule has 0 saturated heterocycles. The van der Waals surface area contributed by atoms with Crippen LogP contribution >= 0.6 is 0 Å². The quantitative estimate of drug-likeness (QED) is 0.874. The summed E-state index contributed by atoms with van der Waals surface area (Å²) in [5, 5.41) is 0. The van der Waals surface area contributed by atoms with E-state index in [2.05, 4.69) is 40.7 Å². The zero-order chi connectivity index (χ0) is 12.5. The lowest BCUT2D eigenvalue weighted by Crippen LogP contribution is -2.32. The van der Waals surface area contributed by atoms with Gasteiger partial charge in [-0.1, -0.05) is 24.3 Å². The van der Waals surface area contributed by atoms with Crippen LogP contribution in [0.2, 0.25) is 0 Å². The predicted molar refractivity (Wildman–Crippen MR) is 72.5 cm³/mol. The molecule has 0 fully saturated rings. The van der Waals surface area contributed by atoms with Crippen molar-refractivity contribution in [1.29, 1.82) is 0 Å². The minimum atomic E-state index is 0.280. The third-order valence-electron chi connectivity index (χ3n) is 3.82. The first-order valence-electron chi connectivity index (χ1n) is 6.57. The lowest BCUT2D eigenvalue weighted by atomic mass is 10.0. The molecule has 1 aliphatic heterocycles. The van der Waals surface area contributed by atoms with Gasteiger partial charge in [-0.25, -0.2) is 4.98 Å². The van der Waals surface area contributed by atoms with E-state index in [-0.39, 0.29) is 6.04 Å². The second-order valence-electron chi connectivity index (χ2n) is 5.18. The molecule has 3 rings (SSSR count). The van der Waals surface area contributed by atoms with Crippen LogP contribution in [0, 0.1) is 6.92 Å². The Labute approximate surface area is 108 Å². The summed E-state index contributed by atoms with van der Waals surface area (Å²) in [4.78, 5) is 4.58. The van der Waals surface area contributed by atoms with Gasteiger partial charge >= 0.3 is 0 Å². The van der Waals surface area contributed by atoms with E-state index in [0.717, 1.165) is 31.6 Å². The van der Waals surface area contributed by atoms with Crippen LogP contribution in [-0.4, -0.2) is 15.6 Å². The van der Waals surface area contributed by atoms with Crippen LogP contribution in [0.4, 0.5) is 0 Å². The van der Waals surface area contributed by atoms with E-state index in [4.69, 9.17) is 5.73 Å². The zero-order valence-corrected chi connectivity index (χ0v) is 10.8. The molecule has 94 valence electrons. The maximum Gasteiger partial charge on any atom is 0.113 e. The molecule has 2 N–H and O–H groups in total. The monoisotopic (exact) mass is 241 g/mol. The number of hydrogen-bond acceptors (Lipinski definition) is 2. The van der Waals surface area contributed by atoms with Gasteiger partial charge < -0.3 is 10.3 Å². The molecule has 3 heteroatoms. The number of hydrogen-bond donors (Lipinski definition) is 1. The van der Waals surface area contributed by atoms with Gasteiger partial charge in [0.05, 0.1) is 0 Å². The molecule has 1 aromatic heterocycles. The Morgan fingerprint density at radius 1 is 1.39 bits per heavy atom. The summed E-state index contributed by atoms with van der Waals surface area (Å²) >= 11 is 0. The van der Waals surface area contributed by atoms with Gasteiger partial charge in [0, 0.05) is 30.9 Å². The Balaban J connectivity index is 1.90. The van der Waals surface area contributed by atoms with Crippen LogP contribution in [0.1, 0.15) is 29.1 Å². The van der Waals surface area contributed by atoms with Gasteiger partial charge in [-0.2, -0.15) is 0 Å². The molecule has 0 aliphatic carbocycles. The number of benzene rings is 1. The van der Waals surface area contributed by atoms with E-state index in [1.807, 2.05) is 6.20 Å². The SMILES string of the molecule is Cc1ccccc1Cc1ncc2n1CC(N)CC2. The molecule has 1 aliphatic rings. The van der Waals surface area contributed by atoms with Gasteiger partial charge in [-0.05, 0) is 30.9 Å². The molecular formula is C15H19N3. The van der Waals surface area contributed by atoms with E-state index in [0.29, 0.717) is 0 Å². The maximum absolute atomic E-state index is 6.05. The molecule has 1 unspecified atom stereocenters. The van der Waals surface area contributed by atoms with Crippen LogP contribution in [0.25, 0.3) is 0 Å². The molecule has 18 heavy (non-hydrogen) atoms. The van der Waals surface area contributed by atoms with Crippen LogP contribution in [-0.2, 0) is 19.4 Å². The normalized spacial score (nSPS) is 18.7. The average molecular weight is 241 g/mol. The minimum absolute atomic E-state index is 0.280. The van der Waals surface area contributed by atoms with Crippen molar-refractivity contribution in [1.82, 2.24) is 9.55 Å². The molecule has 1 atom stereocenters. The third-order valence-corrected chi connectivity index (χ3v) is 3.82. The summed E-state index contributed by atoms with van der Waals surface area (Å²) in [6, 6.07) is 8.78. The molecule has 0 radical (unpaired) electrons. The topological polar surface area (TPSA) is 43.8 Å². The fraction of sp³-hybridized carbons (Fsp3) is 0.400. The Hall–Kier alpha value is -1.61. The van der Waals surface area contributed by atoms with Crippen molar-refractivity contribution in [2.75, 3.05) is 0 Å². The van der Waals surface area contributed by atoms with Crippen molar-refractivity contribution in [3.8, 4) is 0 Å². The summed E-state index contributed by atoms with van der Waals surface area (Å²) in [7, 11) is 0. The largest absolute Gasteiger partial charge is 0.330 e. The second-order valence-corrected chi connectivity index (χ2v) is 5.18. The van der Waals surface area contributed by atoms with Crippen molar-refractivity contribution < 1.29 is 0 Å². The highest BCUT2D eigenvalue weighted by Gasteiger charge is 2.18. The Bertz CT molecular complexity index is 557. The van der Waals surface area contributed by atoms with Crippen molar-refractivity contribution >= 4 is 0 Å². The highest BCUT2D eigenvalue weighted by atomic mass is 15.1. The number of aryl methyl sites for hydroxylation is 2. The molecule has 3 nitrogen and oxygen atoms in total. The van der Waals surface area contributed by atoms with Crippen LogP contribution in [0.5, 0.6) is 0 Å². The molecule has 0 amide bonds. The summed E-state index contributed by atoms with van der Waals surface area (Å²) in [6.45, 7) is 3.07. The molecule has 1 aromatic carbocycles. The standard InChI is InChI=1S/C15H19N3/c1-11-4-2-3-5-12(11)8-15-17-9-14-7-6-13(16)10-18(14)15/h2-5,9,13H,6-8,10,16H2,1H3. The Morgan fingerprint density at radius 2 is 2.22 bits per heavy atom. The molecule has 2 aromatic rings.